The summed E-state index contributed by atoms with van der Waals surface area (Å²) in [7, 11) is 1.89. The first-order valence-corrected chi connectivity index (χ1v) is 10.8. The van der Waals surface area contributed by atoms with Crippen LogP contribution in [-0.4, -0.2) is 44.7 Å². The predicted molar refractivity (Wildman–Crippen MR) is 120 cm³/mol. The Labute approximate surface area is 178 Å². The van der Waals surface area contributed by atoms with Gasteiger partial charge in [-0.25, -0.2) is 4.98 Å². The van der Waals surface area contributed by atoms with Gasteiger partial charge in [-0.15, -0.1) is 0 Å². The first-order chi connectivity index (χ1) is 14.4. The molecular formula is C24H31N5O. The molecular weight excluding hydrogens is 374 g/mol. The summed E-state index contributed by atoms with van der Waals surface area (Å²) in [6, 6.07) is 12.7. The van der Waals surface area contributed by atoms with Crippen molar-refractivity contribution in [3.05, 3.63) is 58.9 Å². The maximum Gasteiger partial charge on any atom is 0.252 e. The number of pyridine rings is 1. The number of nitrogens with one attached hydrogen (secondary N) is 1. The number of aryl methyl sites for hydroxylation is 2. The van der Waals surface area contributed by atoms with E-state index in [4.69, 9.17) is 4.98 Å². The van der Waals surface area contributed by atoms with Crippen LogP contribution in [0.2, 0.25) is 0 Å². The van der Waals surface area contributed by atoms with Gasteiger partial charge in [0.05, 0.1) is 16.6 Å². The lowest BCUT2D eigenvalue weighted by Crippen LogP contribution is -2.44. The van der Waals surface area contributed by atoms with Crippen molar-refractivity contribution >= 4 is 16.9 Å². The van der Waals surface area contributed by atoms with E-state index < -0.39 is 0 Å². The van der Waals surface area contributed by atoms with Crippen LogP contribution < -0.4 is 5.32 Å². The summed E-state index contributed by atoms with van der Waals surface area (Å²) in [4.78, 5) is 20.5. The van der Waals surface area contributed by atoms with E-state index >= 15 is 0 Å². The third kappa shape index (κ3) is 4.24. The van der Waals surface area contributed by atoms with Gasteiger partial charge in [-0.05, 0) is 37.3 Å². The molecule has 1 aliphatic heterocycles. The van der Waals surface area contributed by atoms with Gasteiger partial charge in [-0.2, -0.15) is 5.10 Å². The standard InChI is InChI=1S/C24H31N5O/c1-16(2)21-14-20(22-17(3)27-28(4)23(22)26-21)24(30)25-19-10-12-29(13-11-19)15-18-8-6-5-7-9-18/h5-9,14,16,19H,10-13,15H2,1-4H3,(H,25,30). The van der Waals surface area contributed by atoms with E-state index in [1.165, 1.54) is 5.56 Å². The largest absolute Gasteiger partial charge is 0.349 e. The highest BCUT2D eigenvalue weighted by atomic mass is 16.1. The van der Waals surface area contributed by atoms with Gasteiger partial charge in [0.1, 0.15) is 0 Å². The van der Waals surface area contributed by atoms with Crippen LogP contribution in [-0.2, 0) is 13.6 Å². The van der Waals surface area contributed by atoms with Gasteiger partial charge in [0.2, 0.25) is 0 Å². The number of hydrogen-bond acceptors (Lipinski definition) is 4. The summed E-state index contributed by atoms with van der Waals surface area (Å²) in [6.45, 7) is 9.10. The van der Waals surface area contributed by atoms with Crippen LogP contribution in [0.1, 0.15) is 59.9 Å². The van der Waals surface area contributed by atoms with Gasteiger partial charge < -0.3 is 5.32 Å². The topological polar surface area (TPSA) is 63.1 Å². The molecule has 1 amide bonds. The van der Waals surface area contributed by atoms with E-state index in [1.807, 2.05) is 20.0 Å². The van der Waals surface area contributed by atoms with Crippen molar-refractivity contribution in [1.29, 1.82) is 0 Å². The van der Waals surface area contributed by atoms with E-state index in [1.54, 1.807) is 4.68 Å². The minimum absolute atomic E-state index is 0.0121. The second-order valence-electron chi connectivity index (χ2n) is 8.67. The number of fused-ring (bicyclic) bond motifs is 1. The molecule has 3 aromatic rings. The quantitative estimate of drug-likeness (QED) is 0.701. The minimum Gasteiger partial charge on any atom is -0.349 e. The van der Waals surface area contributed by atoms with Crippen LogP contribution in [0.5, 0.6) is 0 Å². The molecule has 1 aliphatic rings. The molecule has 2 aromatic heterocycles. The average molecular weight is 406 g/mol. The predicted octanol–water partition coefficient (Wildman–Crippen LogP) is 3.79. The summed E-state index contributed by atoms with van der Waals surface area (Å²) >= 11 is 0. The number of amides is 1. The second-order valence-corrected chi connectivity index (χ2v) is 8.67. The fourth-order valence-electron chi connectivity index (χ4n) is 4.28. The van der Waals surface area contributed by atoms with Crippen molar-refractivity contribution in [2.45, 2.75) is 52.1 Å². The van der Waals surface area contributed by atoms with Gasteiger partial charge in [0, 0.05) is 38.4 Å². The molecule has 6 heteroatoms. The Morgan fingerprint density at radius 2 is 1.90 bits per heavy atom. The Morgan fingerprint density at radius 1 is 1.20 bits per heavy atom. The molecule has 0 radical (unpaired) electrons. The van der Waals surface area contributed by atoms with E-state index in [2.05, 4.69) is 59.5 Å². The summed E-state index contributed by atoms with van der Waals surface area (Å²) in [6.07, 6.45) is 1.94. The SMILES string of the molecule is Cc1nn(C)c2nc(C(C)C)cc(C(=O)NC3CCN(Cc4ccccc4)CC3)c12. The normalized spacial score (nSPS) is 15.8. The van der Waals surface area contributed by atoms with Crippen LogP contribution in [0.3, 0.4) is 0 Å². The summed E-state index contributed by atoms with van der Waals surface area (Å²) < 4.78 is 1.77. The molecule has 0 atom stereocenters. The van der Waals surface area contributed by atoms with Gasteiger partial charge in [0.25, 0.3) is 5.91 Å². The maximum atomic E-state index is 13.2. The Hall–Kier alpha value is -2.73. The van der Waals surface area contributed by atoms with E-state index in [0.717, 1.165) is 54.9 Å². The van der Waals surface area contributed by atoms with Crippen molar-refractivity contribution < 1.29 is 4.79 Å². The summed E-state index contributed by atoms with van der Waals surface area (Å²) in [5.74, 6) is 0.235. The lowest BCUT2D eigenvalue weighted by atomic mass is 10.0. The van der Waals surface area contributed by atoms with Crippen LogP contribution in [0.4, 0.5) is 0 Å². The number of benzene rings is 1. The summed E-state index contributed by atoms with van der Waals surface area (Å²) in [5, 5.41) is 8.64. The molecule has 0 aliphatic carbocycles. The van der Waals surface area contributed by atoms with E-state index in [0.29, 0.717) is 5.56 Å². The Kier molecular flexibility index (Phi) is 5.86. The van der Waals surface area contributed by atoms with Crippen molar-refractivity contribution in [2.75, 3.05) is 13.1 Å². The molecule has 0 bridgehead atoms. The molecule has 0 unspecified atom stereocenters. The smallest absolute Gasteiger partial charge is 0.252 e. The molecule has 1 N–H and O–H groups in total. The van der Waals surface area contributed by atoms with Crippen LogP contribution in [0.25, 0.3) is 11.0 Å². The number of rotatable bonds is 5. The first-order valence-electron chi connectivity index (χ1n) is 10.8. The highest BCUT2D eigenvalue weighted by Crippen LogP contribution is 2.25. The number of likely N-dealkylation sites (tertiary alicyclic amines) is 1. The van der Waals surface area contributed by atoms with Crippen molar-refractivity contribution in [2.24, 2.45) is 7.05 Å². The highest BCUT2D eigenvalue weighted by Gasteiger charge is 2.24. The minimum atomic E-state index is -0.0121. The second kappa shape index (κ2) is 8.56. The fraction of sp³-hybridized carbons (Fsp3) is 0.458. The van der Waals surface area contributed by atoms with Crippen molar-refractivity contribution in [3.63, 3.8) is 0 Å². The van der Waals surface area contributed by atoms with Crippen LogP contribution >= 0.6 is 0 Å². The number of piperidine rings is 1. The maximum absolute atomic E-state index is 13.2. The molecule has 1 fully saturated rings. The average Bonchev–Trinajstić information content (AvgIpc) is 3.03. The number of nitrogens with zero attached hydrogens (tertiary/aromatic N) is 4. The van der Waals surface area contributed by atoms with Crippen molar-refractivity contribution in [1.82, 2.24) is 25.0 Å². The first kappa shape index (κ1) is 20.5. The molecule has 1 aromatic carbocycles. The zero-order chi connectivity index (χ0) is 21.3. The number of aromatic nitrogens is 3. The molecule has 158 valence electrons. The summed E-state index contributed by atoms with van der Waals surface area (Å²) in [5.41, 5.74) is 4.58. The number of carbonyl (C=O) groups is 1. The van der Waals surface area contributed by atoms with Crippen molar-refractivity contribution in [3.8, 4) is 0 Å². The molecule has 0 spiro atoms. The zero-order valence-electron chi connectivity index (χ0n) is 18.4. The number of carbonyl (C=O) groups excluding carboxylic acids is 1. The monoisotopic (exact) mass is 405 g/mol. The number of hydrogen-bond donors (Lipinski definition) is 1. The Balaban J connectivity index is 1.46. The van der Waals surface area contributed by atoms with Crippen LogP contribution in [0.15, 0.2) is 36.4 Å². The third-order valence-corrected chi connectivity index (χ3v) is 6.00. The fourth-order valence-corrected chi connectivity index (χ4v) is 4.28. The molecule has 30 heavy (non-hydrogen) atoms. The molecule has 0 saturated carbocycles. The van der Waals surface area contributed by atoms with Gasteiger partial charge in [-0.1, -0.05) is 44.2 Å². The van der Waals surface area contributed by atoms with Gasteiger partial charge in [-0.3, -0.25) is 14.4 Å². The zero-order valence-corrected chi connectivity index (χ0v) is 18.4. The van der Waals surface area contributed by atoms with Gasteiger partial charge in [0.15, 0.2) is 5.65 Å². The molecule has 4 rings (SSSR count). The lowest BCUT2D eigenvalue weighted by molar-refractivity contribution is 0.0910. The molecule has 3 heterocycles. The Morgan fingerprint density at radius 3 is 2.57 bits per heavy atom. The molecule has 6 nitrogen and oxygen atoms in total. The van der Waals surface area contributed by atoms with E-state index in [-0.39, 0.29) is 17.9 Å². The van der Waals surface area contributed by atoms with Gasteiger partial charge >= 0.3 is 0 Å². The lowest BCUT2D eigenvalue weighted by Gasteiger charge is -2.32. The Bertz CT molecular complexity index is 1030. The highest BCUT2D eigenvalue weighted by molar-refractivity contribution is 6.06. The van der Waals surface area contributed by atoms with E-state index in [9.17, 15) is 4.79 Å². The third-order valence-electron chi connectivity index (χ3n) is 6.00. The molecule has 1 saturated heterocycles. The van der Waals surface area contributed by atoms with Crippen LogP contribution in [0, 0.1) is 6.92 Å².